The molecule has 0 aromatic carbocycles. The molecule has 0 aliphatic heterocycles. The van der Waals surface area contributed by atoms with E-state index >= 15 is 0 Å². The molecule has 1 N–H and O–H groups in total. The van der Waals surface area contributed by atoms with Crippen LogP contribution in [0.1, 0.15) is 32.6 Å². The van der Waals surface area contributed by atoms with Crippen molar-refractivity contribution in [1.29, 1.82) is 0 Å². The van der Waals surface area contributed by atoms with Gasteiger partial charge in [0, 0.05) is 0 Å². The predicted octanol–water partition coefficient (Wildman–Crippen LogP) is 2.59. The predicted molar refractivity (Wildman–Crippen MR) is 54.2 cm³/mol. The van der Waals surface area contributed by atoms with Gasteiger partial charge in [0.1, 0.15) is 0 Å². The van der Waals surface area contributed by atoms with Crippen molar-refractivity contribution in [2.45, 2.75) is 32.6 Å². The Morgan fingerprint density at radius 1 is 1.42 bits per heavy atom. The van der Waals surface area contributed by atoms with Crippen molar-refractivity contribution in [3.8, 4) is 0 Å². The Kier molecular flexibility index (Phi) is 4.37. The van der Waals surface area contributed by atoms with E-state index in [1.807, 2.05) is 0 Å². The molecule has 2 unspecified atom stereocenters. The quantitative estimate of drug-likeness (QED) is 0.621. The second-order valence-electron chi connectivity index (χ2n) is 3.78. The highest BCUT2D eigenvalue weighted by Crippen LogP contribution is 2.33. The van der Waals surface area contributed by atoms with Gasteiger partial charge in [-0.3, -0.25) is 0 Å². The van der Waals surface area contributed by atoms with E-state index in [0.717, 1.165) is 18.4 Å². The number of allylic oxidation sites excluding steroid dienone is 1. The van der Waals surface area contributed by atoms with E-state index in [-0.39, 0.29) is 0 Å². The van der Waals surface area contributed by atoms with E-state index in [2.05, 4.69) is 24.9 Å². The zero-order valence-electron chi connectivity index (χ0n) is 8.18. The summed E-state index contributed by atoms with van der Waals surface area (Å²) >= 11 is 0. The average molecular weight is 167 g/mol. The Morgan fingerprint density at radius 3 is 2.83 bits per heavy atom. The molecule has 0 amide bonds. The number of nitrogens with one attached hydrogen (secondary N) is 1. The van der Waals surface area contributed by atoms with Crippen LogP contribution in [-0.4, -0.2) is 13.1 Å². The molecule has 0 spiro atoms. The second kappa shape index (κ2) is 5.36. The highest BCUT2D eigenvalue weighted by Gasteiger charge is 2.25. The van der Waals surface area contributed by atoms with Crippen molar-refractivity contribution in [2.24, 2.45) is 11.8 Å². The number of hydrogen-bond acceptors (Lipinski definition) is 1. The summed E-state index contributed by atoms with van der Waals surface area (Å²) in [5.41, 5.74) is 0. The van der Waals surface area contributed by atoms with E-state index in [1.165, 1.54) is 32.2 Å². The molecule has 0 bridgehead atoms. The highest BCUT2D eigenvalue weighted by atomic mass is 14.8. The van der Waals surface area contributed by atoms with E-state index < -0.39 is 0 Å². The van der Waals surface area contributed by atoms with Crippen LogP contribution in [0.2, 0.25) is 0 Å². The summed E-state index contributed by atoms with van der Waals surface area (Å²) < 4.78 is 0. The molecule has 1 nitrogen and oxygen atoms in total. The first-order valence-electron chi connectivity index (χ1n) is 5.20. The molecule has 0 aromatic rings. The molecule has 1 rings (SSSR count). The van der Waals surface area contributed by atoms with E-state index in [1.54, 1.807) is 0 Å². The summed E-state index contributed by atoms with van der Waals surface area (Å²) in [7, 11) is 0. The molecule has 1 fully saturated rings. The van der Waals surface area contributed by atoms with Crippen LogP contribution in [0, 0.1) is 11.8 Å². The Bertz CT molecular complexity index is 131. The maximum Gasteiger partial charge on any atom is -0.00179 e. The van der Waals surface area contributed by atoms with E-state index in [9.17, 15) is 0 Å². The third-order valence-electron chi connectivity index (χ3n) is 2.94. The smallest absolute Gasteiger partial charge is 0.00179 e. The van der Waals surface area contributed by atoms with Crippen molar-refractivity contribution in [1.82, 2.24) is 5.32 Å². The summed E-state index contributed by atoms with van der Waals surface area (Å²) in [6.07, 6.45) is 7.56. The Balaban J connectivity index is 2.25. The summed E-state index contributed by atoms with van der Waals surface area (Å²) in [6, 6.07) is 0. The van der Waals surface area contributed by atoms with Gasteiger partial charge < -0.3 is 5.32 Å². The van der Waals surface area contributed by atoms with Gasteiger partial charge in [-0.2, -0.15) is 0 Å². The highest BCUT2D eigenvalue weighted by molar-refractivity contribution is 4.84. The van der Waals surface area contributed by atoms with Gasteiger partial charge in [-0.1, -0.05) is 19.4 Å². The topological polar surface area (TPSA) is 12.0 Å². The molecule has 1 aliphatic carbocycles. The van der Waals surface area contributed by atoms with Gasteiger partial charge in [-0.05, 0) is 44.2 Å². The normalized spacial score (nSPS) is 29.1. The van der Waals surface area contributed by atoms with Gasteiger partial charge in [0.2, 0.25) is 0 Å². The summed E-state index contributed by atoms with van der Waals surface area (Å²) in [4.78, 5) is 0. The Hall–Kier alpha value is -0.300. The molecular weight excluding hydrogens is 146 g/mol. The molecular formula is C11H21N. The fraction of sp³-hybridized carbons (Fsp3) is 0.818. The molecule has 0 aromatic heterocycles. The number of rotatable bonds is 5. The second-order valence-corrected chi connectivity index (χ2v) is 3.78. The van der Waals surface area contributed by atoms with Crippen LogP contribution in [0.5, 0.6) is 0 Å². The lowest BCUT2D eigenvalue weighted by atomic mass is 9.93. The minimum absolute atomic E-state index is 0.918. The standard InChI is InChI=1S/C11H21N/c1-3-6-10-7-5-8-11(10)9-12-4-2/h3,10-12H,1,4-9H2,2H3. The minimum Gasteiger partial charge on any atom is -0.317 e. The van der Waals surface area contributed by atoms with Gasteiger partial charge in [0.15, 0.2) is 0 Å². The fourth-order valence-electron chi connectivity index (χ4n) is 2.24. The monoisotopic (exact) mass is 167 g/mol. The minimum atomic E-state index is 0.918. The maximum absolute atomic E-state index is 3.82. The summed E-state index contributed by atoms with van der Waals surface area (Å²) in [6.45, 7) is 8.32. The molecule has 1 heteroatoms. The molecule has 1 saturated carbocycles. The lowest BCUT2D eigenvalue weighted by Crippen LogP contribution is -2.24. The van der Waals surface area contributed by atoms with Crippen LogP contribution in [0.4, 0.5) is 0 Å². The third-order valence-corrected chi connectivity index (χ3v) is 2.94. The SMILES string of the molecule is C=CCC1CCCC1CNCC. The lowest BCUT2D eigenvalue weighted by Gasteiger charge is -2.17. The average Bonchev–Trinajstić information content (AvgIpc) is 2.50. The Labute approximate surface area is 76.2 Å². The molecule has 1 aliphatic rings. The third kappa shape index (κ3) is 2.63. The van der Waals surface area contributed by atoms with E-state index in [4.69, 9.17) is 0 Å². The van der Waals surface area contributed by atoms with Crippen LogP contribution < -0.4 is 5.32 Å². The summed E-state index contributed by atoms with van der Waals surface area (Å²) in [5.74, 6) is 1.84. The van der Waals surface area contributed by atoms with Crippen molar-refractivity contribution in [3.63, 3.8) is 0 Å². The van der Waals surface area contributed by atoms with Crippen LogP contribution in [0.3, 0.4) is 0 Å². The molecule has 0 radical (unpaired) electrons. The number of hydrogen-bond donors (Lipinski definition) is 1. The van der Waals surface area contributed by atoms with Crippen molar-refractivity contribution < 1.29 is 0 Å². The fourth-order valence-corrected chi connectivity index (χ4v) is 2.24. The van der Waals surface area contributed by atoms with Crippen molar-refractivity contribution in [2.75, 3.05) is 13.1 Å². The zero-order valence-corrected chi connectivity index (χ0v) is 8.18. The van der Waals surface area contributed by atoms with Gasteiger partial charge in [0.25, 0.3) is 0 Å². The van der Waals surface area contributed by atoms with Gasteiger partial charge >= 0.3 is 0 Å². The molecule has 12 heavy (non-hydrogen) atoms. The van der Waals surface area contributed by atoms with E-state index in [0.29, 0.717) is 0 Å². The first-order chi connectivity index (χ1) is 5.88. The molecule has 0 heterocycles. The van der Waals surface area contributed by atoms with Crippen LogP contribution >= 0.6 is 0 Å². The Morgan fingerprint density at radius 2 is 2.17 bits per heavy atom. The lowest BCUT2D eigenvalue weighted by molar-refractivity contribution is 0.373. The largest absolute Gasteiger partial charge is 0.317 e. The van der Waals surface area contributed by atoms with Gasteiger partial charge in [0.05, 0.1) is 0 Å². The van der Waals surface area contributed by atoms with Gasteiger partial charge in [-0.25, -0.2) is 0 Å². The zero-order chi connectivity index (χ0) is 8.81. The van der Waals surface area contributed by atoms with Gasteiger partial charge in [-0.15, -0.1) is 6.58 Å². The molecule has 0 saturated heterocycles. The maximum atomic E-state index is 3.82. The first kappa shape index (κ1) is 9.79. The van der Waals surface area contributed by atoms with Crippen molar-refractivity contribution >= 4 is 0 Å². The van der Waals surface area contributed by atoms with Crippen LogP contribution in [0.15, 0.2) is 12.7 Å². The van der Waals surface area contributed by atoms with Crippen molar-refractivity contribution in [3.05, 3.63) is 12.7 Å². The summed E-state index contributed by atoms with van der Waals surface area (Å²) in [5, 5.41) is 3.44. The molecule has 2 atom stereocenters. The molecule has 70 valence electrons. The first-order valence-corrected chi connectivity index (χ1v) is 5.20. The van der Waals surface area contributed by atoms with Crippen LogP contribution in [0.25, 0.3) is 0 Å². The van der Waals surface area contributed by atoms with Crippen LogP contribution in [-0.2, 0) is 0 Å².